The molecular formula is C27H29FN4O3S. The predicted octanol–water partition coefficient (Wildman–Crippen LogP) is 4.83. The molecule has 3 atom stereocenters. The normalized spacial score (nSPS) is 24.2. The Kier molecular flexibility index (Phi) is 6.14. The first-order valence-corrected chi connectivity index (χ1v) is 12.9. The van der Waals surface area contributed by atoms with Gasteiger partial charge in [0.15, 0.2) is 16.8 Å². The largest absolute Gasteiger partial charge is 0.497 e. The van der Waals surface area contributed by atoms with E-state index < -0.39 is 0 Å². The molecule has 2 aliphatic carbocycles. The summed E-state index contributed by atoms with van der Waals surface area (Å²) in [5.41, 5.74) is 0.725. The number of rotatable bonds is 7. The third-order valence-electron chi connectivity index (χ3n) is 8.25. The molecule has 9 heteroatoms. The van der Waals surface area contributed by atoms with E-state index in [-0.39, 0.29) is 46.1 Å². The number of fused-ring (bicyclic) bond motifs is 2. The third kappa shape index (κ3) is 3.89. The van der Waals surface area contributed by atoms with Crippen LogP contribution < -0.4 is 10.1 Å². The minimum Gasteiger partial charge on any atom is -0.497 e. The van der Waals surface area contributed by atoms with Crippen molar-refractivity contribution in [3.05, 3.63) is 65.7 Å². The molecule has 3 aromatic rings. The number of nitrogens with zero attached hydrogens (tertiary/aromatic N) is 3. The van der Waals surface area contributed by atoms with E-state index in [4.69, 9.17) is 4.74 Å². The Morgan fingerprint density at radius 1 is 1.14 bits per heavy atom. The minimum absolute atomic E-state index is 0.0857. The molecule has 2 bridgehead atoms. The zero-order valence-electron chi connectivity index (χ0n) is 20.7. The van der Waals surface area contributed by atoms with Crippen molar-refractivity contribution in [2.45, 2.75) is 50.6 Å². The maximum Gasteiger partial charge on any atom is 0.251 e. The molecule has 0 spiro atoms. The number of hydrogen-bond donors (Lipinski definition) is 1. The number of hydrogen-bond acceptors (Lipinski definition) is 6. The molecule has 3 unspecified atom stereocenters. The van der Waals surface area contributed by atoms with E-state index in [9.17, 15) is 14.0 Å². The van der Waals surface area contributed by atoms with Gasteiger partial charge < -0.3 is 10.1 Å². The molecule has 2 saturated carbocycles. The van der Waals surface area contributed by atoms with Gasteiger partial charge in [-0.05, 0) is 72.7 Å². The summed E-state index contributed by atoms with van der Waals surface area (Å²) in [5.74, 6) is 1.05. The van der Waals surface area contributed by atoms with Crippen LogP contribution >= 0.6 is 11.8 Å². The molecule has 2 fully saturated rings. The van der Waals surface area contributed by atoms with Crippen molar-refractivity contribution in [3.63, 3.8) is 0 Å². The standard InChI is InChI=1S/C27H29FN4O3S/c1-26(2)20-13-14-27(26,3)23(33)22(20)36-25-31-30-21(32(25)18-9-7-17(28)8-10-18)15-29-24(34)16-5-11-19(35-4)12-6-16/h5-12,20,22H,13-15H2,1-4H3,(H,29,34). The van der Waals surface area contributed by atoms with Crippen LogP contribution in [-0.2, 0) is 11.3 Å². The fourth-order valence-electron chi connectivity index (χ4n) is 5.60. The Morgan fingerprint density at radius 3 is 2.44 bits per heavy atom. The maximum absolute atomic E-state index is 13.7. The second-order valence-electron chi connectivity index (χ2n) is 10.2. The first kappa shape index (κ1) is 24.5. The van der Waals surface area contributed by atoms with Crippen LogP contribution in [0.25, 0.3) is 5.69 Å². The van der Waals surface area contributed by atoms with Gasteiger partial charge in [0.2, 0.25) is 0 Å². The molecule has 1 heterocycles. The van der Waals surface area contributed by atoms with Gasteiger partial charge >= 0.3 is 0 Å². The number of ketones is 1. The van der Waals surface area contributed by atoms with Crippen molar-refractivity contribution in [1.29, 1.82) is 0 Å². The van der Waals surface area contributed by atoms with E-state index in [1.54, 1.807) is 48.1 Å². The number of nitrogens with one attached hydrogen (secondary N) is 1. The average molecular weight is 509 g/mol. The van der Waals surface area contributed by atoms with Crippen molar-refractivity contribution < 1.29 is 18.7 Å². The number of halogens is 1. The second-order valence-corrected chi connectivity index (χ2v) is 11.3. The molecule has 7 nitrogen and oxygen atoms in total. The van der Waals surface area contributed by atoms with Crippen molar-refractivity contribution in [3.8, 4) is 11.4 Å². The quantitative estimate of drug-likeness (QED) is 0.492. The average Bonchev–Trinajstić information content (AvgIpc) is 3.42. The van der Waals surface area contributed by atoms with E-state index >= 15 is 0 Å². The van der Waals surface area contributed by atoms with Crippen LogP contribution in [0.2, 0.25) is 0 Å². The summed E-state index contributed by atoms with van der Waals surface area (Å²) in [7, 11) is 1.57. The highest BCUT2D eigenvalue weighted by Gasteiger charge is 2.66. The summed E-state index contributed by atoms with van der Waals surface area (Å²) in [6.07, 6.45) is 1.91. The van der Waals surface area contributed by atoms with Gasteiger partial charge in [-0.2, -0.15) is 0 Å². The lowest BCUT2D eigenvalue weighted by atomic mass is 9.70. The summed E-state index contributed by atoms with van der Waals surface area (Å²) in [5, 5.41) is 12.0. The molecule has 2 aromatic carbocycles. The number of methoxy groups -OCH3 is 1. The molecule has 0 radical (unpaired) electrons. The lowest BCUT2D eigenvalue weighted by molar-refractivity contribution is -0.127. The molecule has 2 aliphatic rings. The topological polar surface area (TPSA) is 86.1 Å². The van der Waals surface area contributed by atoms with Crippen molar-refractivity contribution in [2.75, 3.05) is 7.11 Å². The van der Waals surface area contributed by atoms with Crippen LogP contribution in [0.3, 0.4) is 0 Å². The van der Waals surface area contributed by atoms with Crippen LogP contribution in [0.15, 0.2) is 53.7 Å². The van der Waals surface area contributed by atoms with Crippen molar-refractivity contribution in [1.82, 2.24) is 20.1 Å². The van der Waals surface area contributed by atoms with Crippen LogP contribution in [0.5, 0.6) is 5.75 Å². The summed E-state index contributed by atoms with van der Waals surface area (Å²) in [6.45, 7) is 6.57. The number of amides is 1. The molecule has 188 valence electrons. The zero-order chi connectivity index (χ0) is 25.7. The molecule has 5 rings (SSSR count). The highest BCUT2D eigenvalue weighted by atomic mass is 32.2. The fourth-order valence-corrected chi connectivity index (χ4v) is 7.24. The van der Waals surface area contributed by atoms with Crippen LogP contribution in [0.4, 0.5) is 4.39 Å². The first-order valence-electron chi connectivity index (χ1n) is 12.0. The molecular weight excluding hydrogens is 479 g/mol. The Balaban J connectivity index is 1.42. The summed E-state index contributed by atoms with van der Waals surface area (Å²) in [4.78, 5) is 26.2. The molecule has 1 amide bonds. The van der Waals surface area contributed by atoms with Crippen LogP contribution in [0.1, 0.15) is 49.8 Å². The number of carbonyl (C=O) groups excluding carboxylic acids is 2. The van der Waals surface area contributed by atoms with Gasteiger partial charge in [-0.15, -0.1) is 10.2 Å². The molecule has 0 saturated heterocycles. The van der Waals surface area contributed by atoms with Crippen molar-refractivity contribution in [2.24, 2.45) is 16.7 Å². The lowest BCUT2D eigenvalue weighted by Crippen LogP contribution is -2.34. The van der Waals surface area contributed by atoms with Gasteiger partial charge in [-0.1, -0.05) is 32.5 Å². The summed E-state index contributed by atoms with van der Waals surface area (Å²) < 4.78 is 20.6. The number of carbonyl (C=O) groups is 2. The van der Waals surface area contributed by atoms with E-state index in [1.165, 1.54) is 23.9 Å². The van der Waals surface area contributed by atoms with Gasteiger partial charge in [0.1, 0.15) is 11.6 Å². The number of Topliss-reactive ketones (excluding diaryl/α,β-unsaturated/α-hetero) is 1. The fraction of sp³-hybridized carbons (Fsp3) is 0.407. The zero-order valence-corrected chi connectivity index (χ0v) is 21.6. The monoisotopic (exact) mass is 508 g/mol. The summed E-state index contributed by atoms with van der Waals surface area (Å²) >= 11 is 1.42. The number of thioether (sulfide) groups is 1. The predicted molar refractivity (Wildman–Crippen MR) is 135 cm³/mol. The Bertz CT molecular complexity index is 1310. The van der Waals surface area contributed by atoms with E-state index in [1.807, 2.05) is 0 Å². The Labute approximate surface area is 213 Å². The third-order valence-corrected chi connectivity index (χ3v) is 9.52. The molecule has 36 heavy (non-hydrogen) atoms. The molecule has 1 N–H and O–H groups in total. The minimum atomic E-state index is -0.353. The van der Waals surface area contributed by atoms with E-state index in [2.05, 4.69) is 36.3 Å². The van der Waals surface area contributed by atoms with Gasteiger partial charge in [-0.3, -0.25) is 14.2 Å². The highest BCUT2D eigenvalue weighted by Crippen LogP contribution is 2.66. The van der Waals surface area contributed by atoms with Crippen LogP contribution in [0, 0.1) is 22.6 Å². The van der Waals surface area contributed by atoms with Crippen LogP contribution in [-0.4, -0.2) is 38.8 Å². The summed E-state index contributed by atoms with van der Waals surface area (Å²) in [6, 6.07) is 12.8. The highest BCUT2D eigenvalue weighted by molar-refractivity contribution is 8.00. The number of aromatic nitrogens is 3. The SMILES string of the molecule is COc1ccc(C(=O)NCc2nnc(SC3C(=O)C4(C)CCC3C4(C)C)n2-c2ccc(F)cc2)cc1. The van der Waals surface area contributed by atoms with Gasteiger partial charge in [0.05, 0.1) is 18.9 Å². The van der Waals surface area contributed by atoms with Gasteiger partial charge in [-0.25, -0.2) is 4.39 Å². The van der Waals surface area contributed by atoms with Gasteiger partial charge in [0, 0.05) is 16.7 Å². The first-order chi connectivity index (χ1) is 17.2. The molecule has 0 aliphatic heterocycles. The van der Waals surface area contributed by atoms with Crippen molar-refractivity contribution >= 4 is 23.5 Å². The Hall–Kier alpha value is -3.20. The molecule has 1 aromatic heterocycles. The lowest BCUT2D eigenvalue weighted by Gasteiger charge is -2.32. The van der Waals surface area contributed by atoms with E-state index in [0.717, 1.165) is 12.8 Å². The smallest absolute Gasteiger partial charge is 0.251 e. The maximum atomic E-state index is 13.7. The number of benzene rings is 2. The Morgan fingerprint density at radius 2 is 1.83 bits per heavy atom. The number of ether oxygens (including phenoxy) is 1. The van der Waals surface area contributed by atoms with E-state index in [0.29, 0.717) is 28.0 Å². The van der Waals surface area contributed by atoms with Gasteiger partial charge in [0.25, 0.3) is 5.91 Å². The second kappa shape index (κ2) is 9.03.